The van der Waals surface area contributed by atoms with Gasteiger partial charge in [-0.1, -0.05) is 0 Å². The molecule has 1 fully saturated rings. The van der Waals surface area contributed by atoms with Crippen LogP contribution in [0.15, 0.2) is 0 Å². The molecule has 1 rings (SSSR count). The molecule has 22 heavy (non-hydrogen) atoms. The fourth-order valence-corrected chi connectivity index (χ4v) is 2.67. The van der Waals surface area contributed by atoms with Crippen molar-refractivity contribution in [2.45, 2.75) is 59.1 Å². The van der Waals surface area contributed by atoms with E-state index in [-0.39, 0.29) is 18.7 Å². The third-order valence-corrected chi connectivity index (χ3v) is 3.73. The first-order chi connectivity index (χ1) is 10.1. The first-order valence-electron chi connectivity index (χ1n) is 8.02. The second-order valence-electron chi connectivity index (χ2n) is 7.35. The molecule has 1 aliphatic heterocycles. The van der Waals surface area contributed by atoms with Crippen molar-refractivity contribution in [1.29, 1.82) is 0 Å². The number of carboxylic acid groups (broad SMARTS) is 1. The highest BCUT2D eigenvalue weighted by Gasteiger charge is 2.29. The molecule has 6 nitrogen and oxygen atoms in total. The molecule has 0 aliphatic carbocycles. The first kappa shape index (κ1) is 18.7. The Morgan fingerprint density at radius 1 is 1.36 bits per heavy atom. The summed E-state index contributed by atoms with van der Waals surface area (Å²) in [5, 5.41) is 9.00. The zero-order valence-electron chi connectivity index (χ0n) is 14.5. The number of likely N-dealkylation sites (tertiary alicyclic amines) is 1. The predicted octanol–water partition coefficient (Wildman–Crippen LogP) is 2.43. The van der Waals surface area contributed by atoms with Crippen molar-refractivity contribution in [3.8, 4) is 0 Å². The molecule has 0 unspecified atom stereocenters. The first-order valence-corrected chi connectivity index (χ1v) is 8.02. The van der Waals surface area contributed by atoms with Crippen LogP contribution in [-0.4, -0.2) is 64.8 Å². The van der Waals surface area contributed by atoms with Gasteiger partial charge in [0.25, 0.3) is 0 Å². The van der Waals surface area contributed by atoms with E-state index in [9.17, 15) is 9.59 Å². The highest BCUT2D eigenvalue weighted by Crippen LogP contribution is 2.21. The molecule has 1 saturated heterocycles. The maximum atomic E-state index is 12.2. The molecular formula is C16H30N2O4. The maximum Gasteiger partial charge on any atom is 0.410 e. The van der Waals surface area contributed by atoms with Crippen molar-refractivity contribution < 1.29 is 19.4 Å². The van der Waals surface area contributed by atoms with Crippen LogP contribution >= 0.6 is 0 Å². The molecule has 0 aromatic rings. The van der Waals surface area contributed by atoms with Gasteiger partial charge in [-0.05, 0) is 53.4 Å². The van der Waals surface area contributed by atoms with Crippen molar-refractivity contribution in [3.05, 3.63) is 0 Å². The normalized spacial score (nSPS) is 19.6. The lowest BCUT2D eigenvalue weighted by atomic mass is 9.97. The molecule has 1 atom stereocenters. The minimum Gasteiger partial charge on any atom is -0.480 e. The molecule has 1 aliphatic rings. The van der Waals surface area contributed by atoms with Crippen LogP contribution in [0.3, 0.4) is 0 Å². The monoisotopic (exact) mass is 314 g/mol. The van der Waals surface area contributed by atoms with Gasteiger partial charge in [0.1, 0.15) is 5.60 Å². The molecular weight excluding hydrogens is 284 g/mol. The lowest BCUT2D eigenvalue weighted by Crippen LogP contribution is -2.47. The lowest BCUT2D eigenvalue weighted by Gasteiger charge is -2.37. The van der Waals surface area contributed by atoms with Gasteiger partial charge in [0.2, 0.25) is 0 Å². The average Bonchev–Trinajstić information content (AvgIpc) is 2.35. The number of carboxylic acids is 1. The van der Waals surface area contributed by atoms with E-state index in [0.717, 1.165) is 12.8 Å². The molecule has 0 aromatic carbocycles. The Balaban J connectivity index is 2.58. The lowest BCUT2D eigenvalue weighted by molar-refractivity contribution is -0.139. The van der Waals surface area contributed by atoms with Crippen molar-refractivity contribution in [1.82, 2.24) is 9.80 Å². The Bertz CT molecular complexity index is 390. The van der Waals surface area contributed by atoms with Crippen LogP contribution in [0.4, 0.5) is 4.79 Å². The van der Waals surface area contributed by atoms with Crippen LogP contribution in [0.1, 0.15) is 47.5 Å². The van der Waals surface area contributed by atoms with Gasteiger partial charge in [-0.25, -0.2) is 4.79 Å². The van der Waals surface area contributed by atoms with Crippen LogP contribution in [0.5, 0.6) is 0 Å². The Hall–Kier alpha value is -1.30. The van der Waals surface area contributed by atoms with Gasteiger partial charge in [-0.2, -0.15) is 0 Å². The molecule has 0 bridgehead atoms. The predicted molar refractivity (Wildman–Crippen MR) is 84.9 cm³/mol. The number of hydrogen-bond acceptors (Lipinski definition) is 4. The molecule has 128 valence electrons. The number of nitrogens with zero attached hydrogens (tertiary/aromatic N) is 2. The zero-order valence-corrected chi connectivity index (χ0v) is 14.5. The minimum absolute atomic E-state index is 0.0423. The smallest absolute Gasteiger partial charge is 0.410 e. The molecule has 0 saturated carbocycles. The third kappa shape index (κ3) is 6.64. The van der Waals surface area contributed by atoms with E-state index in [1.54, 1.807) is 4.90 Å². The average molecular weight is 314 g/mol. The molecule has 6 heteroatoms. The summed E-state index contributed by atoms with van der Waals surface area (Å²) in [4.78, 5) is 26.8. The minimum atomic E-state index is -0.812. The molecule has 0 aromatic heterocycles. The number of amides is 1. The second kappa shape index (κ2) is 7.81. The second-order valence-corrected chi connectivity index (χ2v) is 7.35. The summed E-state index contributed by atoms with van der Waals surface area (Å²) in [6.45, 7) is 11.7. The summed E-state index contributed by atoms with van der Waals surface area (Å²) in [6, 6.07) is 0.174. The SMILES string of the molecule is CC(C)N(CC(=O)O)C[C@H]1CCCN(C(=O)OC(C)(C)C)C1. The van der Waals surface area contributed by atoms with E-state index < -0.39 is 11.6 Å². The largest absolute Gasteiger partial charge is 0.480 e. The van der Waals surface area contributed by atoms with E-state index in [1.807, 2.05) is 39.5 Å². The van der Waals surface area contributed by atoms with Gasteiger partial charge >= 0.3 is 12.1 Å². The molecule has 1 amide bonds. The van der Waals surface area contributed by atoms with Gasteiger partial charge in [-0.3, -0.25) is 9.69 Å². The number of carbonyl (C=O) groups excluding carboxylic acids is 1. The number of aliphatic carboxylic acids is 1. The van der Waals surface area contributed by atoms with Crippen LogP contribution in [0, 0.1) is 5.92 Å². The number of hydrogen-bond donors (Lipinski definition) is 1. The van der Waals surface area contributed by atoms with Gasteiger partial charge in [0, 0.05) is 25.7 Å². The molecule has 1 heterocycles. The standard InChI is InChI=1S/C16H30N2O4/c1-12(2)18(11-14(19)20)10-13-7-6-8-17(9-13)15(21)22-16(3,4)5/h12-13H,6-11H2,1-5H3,(H,19,20)/t13-/m0/s1. The molecule has 0 spiro atoms. The zero-order chi connectivity index (χ0) is 16.9. The van der Waals surface area contributed by atoms with Gasteiger partial charge < -0.3 is 14.7 Å². The summed E-state index contributed by atoms with van der Waals surface area (Å²) < 4.78 is 5.42. The summed E-state index contributed by atoms with van der Waals surface area (Å²) in [5.41, 5.74) is -0.489. The number of piperidine rings is 1. The van der Waals surface area contributed by atoms with Crippen LogP contribution in [0.25, 0.3) is 0 Å². The fourth-order valence-electron chi connectivity index (χ4n) is 2.67. The van der Waals surface area contributed by atoms with E-state index in [1.165, 1.54) is 0 Å². The van der Waals surface area contributed by atoms with Crippen molar-refractivity contribution >= 4 is 12.1 Å². The quantitative estimate of drug-likeness (QED) is 0.844. The van der Waals surface area contributed by atoms with Crippen LogP contribution < -0.4 is 0 Å². The molecule has 0 radical (unpaired) electrons. The summed E-state index contributed by atoms with van der Waals surface area (Å²) in [6.07, 6.45) is 1.68. The van der Waals surface area contributed by atoms with Crippen molar-refractivity contribution in [2.75, 3.05) is 26.2 Å². The Morgan fingerprint density at radius 3 is 2.50 bits per heavy atom. The summed E-state index contributed by atoms with van der Waals surface area (Å²) in [5.74, 6) is -0.517. The highest BCUT2D eigenvalue weighted by molar-refractivity contribution is 5.69. The highest BCUT2D eigenvalue weighted by atomic mass is 16.6. The van der Waals surface area contributed by atoms with E-state index >= 15 is 0 Å². The number of ether oxygens (including phenoxy) is 1. The van der Waals surface area contributed by atoms with Crippen LogP contribution in [0.2, 0.25) is 0 Å². The summed E-state index contributed by atoms with van der Waals surface area (Å²) in [7, 11) is 0. The number of carbonyl (C=O) groups is 2. The van der Waals surface area contributed by atoms with Crippen LogP contribution in [-0.2, 0) is 9.53 Å². The Morgan fingerprint density at radius 2 is 2.00 bits per heavy atom. The van der Waals surface area contributed by atoms with Crippen molar-refractivity contribution in [2.24, 2.45) is 5.92 Å². The maximum absolute atomic E-state index is 12.2. The van der Waals surface area contributed by atoms with E-state index in [4.69, 9.17) is 9.84 Å². The fraction of sp³-hybridized carbons (Fsp3) is 0.875. The summed E-state index contributed by atoms with van der Waals surface area (Å²) >= 11 is 0. The molecule has 1 N–H and O–H groups in total. The topological polar surface area (TPSA) is 70.1 Å². The van der Waals surface area contributed by atoms with E-state index in [0.29, 0.717) is 25.6 Å². The third-order valence-electron chi connectivity index (χ3n) is 3.73. The van der Waals surface area contributed by atoms with Gasteiger partial charge in [0.05, 0.1) is 6.54 Å². The number of rotatable bonds is 5. The van der Waals surface area contributed by atoms with E-state index in [2.05, 4.69) is 0 Å². The Labute approximate surface area is 133 Å². The van der Waals surface area contributed by atoms with Crippen molar-refractivity contribution in [3.63, 3.8) is 0 Å². The van der Waals surface area contributed by atoms with Gasteiger partial charge in [0.15, 0.2) is 0 Å². The van der Waals surface area contributed by atoms with Gasteiger partial charge in [-0.15, -0.1) is 0 Å². The Kier molecular flexibility index (Phi) is 6.66.